The number of anilines is 2. The zero-order valence-electron chi connectivity index (χ0n) is 14.3. The summed E-state index contributed by atoms with van der Waals surface area (Å²) in [5.41, 5.74) is 2.83. The van der Waals surface area contributed by atoms with Gasteiger partial charge in [0, 0.05) is 16.4 Å². The van der Waals surface area contributed by atoms with Crippen molar-refractivity contribution in [3.8, 4) is 0 Å². The fourth-order valence-corrected chi connectivity index (χ4v) is 2.24. The fraction of sp³-hybridized carbons (Fsp3) is 0.263. The molecule has 0 bridgehead atoms. The lowest BCUT2D eigenvalue weighted by Gasteiger charge is -2.09. The van der Waals surface area contributed by atoms with Gasteiger partial charge in [-0.05, 0) is 55.3 Å². The summed E-state index contributed by atoms with van der Waals surface area (Å²) in [6.07, 6.45) is 0.777. The number of nitrogens with one attached hydrogen (secondary N) is 2. The first-order valence-corrected chi connectivity index (χ1v) is 8.44. The van der Waals surface area contributed by atoms with E-state index in [0.29, 0.717) is 22.9 Å². The van der Waals surface area contributed by atoms with Gasteiger partial charge in [-0.3, -0.25) is 4.79 Å². The van der Waals surface area contributed by atoms with Gasteiger partial charge >= 0.3 is 5.97 Å². The number of ether oxygens (including phenoxy) is 1. The molecule has 0 heterocycles. The summed E-state index contributed by atoms with van der Waals surface area (Å²) in [5.74, 6) is -0.560. The van der Waals surface area contributed by atoms with Crippen LogP contribution in [0, 0.1) is 6.92 Å². The summed E-state index contributed by atoms with van der Waals surface area (Å²) in [6, 6.07) is 12.1. The number of carbonyl (C=O) groups excluding carboxylic acids is 2. The third kappa shape index (κ3) is 5.80. The van der Waals surface area contributed by atoms with Gasteiger partial charge in [-0.1, -0.05) is 24.6 Å². The van der Waals surface area contributed by atoms with Crippen molar-refractivity contribution in [1.82, 2.24) is 0 Å². The Kier molecular flexibility index (Phi) is 6.83. The molecule has 0 saturated heterocycles. The minimum absolute atomic E-state index is 0.111. The number of esters is 1. The molecule has 2 aromatic rings. The molecule has 2 aromatic carbocycles. The molecule has 0 radical (unpaired) electrons. The monoisotopic (exact) mass is 360 g/mol. The van der Waals surface area contributed by atoms with Crippen LogP contribution >= 0.6 is 11.6 Å². The molecule has 0 aliphatic heterocycles. The number of hydrogen-bond acceptors (Lipinski definition) is 4. The van der Waals surface area contributed by atoms with Gasteiger partial charge in [0.15, 0.2) is 0 Å². The first kappa shape index (κ1) is 18.8. The fourth-order valence-electron chi connectivity index (χ4n) is 2.06. The summed E-state index contributed by atoms with van der Waals surface area (Å²) in [7, 11) is 0. The summed E-state index contributed by atoms with van der Waals surface area (Å²) in [5, 5.41) is 6.42. The molecule has 0 saturated carbocycles. The third-order valence-corrected chi connectivity index (χ3v) is 3.87. The largest absolute Gasteiger partial charge is 0.462 e. The van der Waals surface area contributed by atoms with Crippen LogP contribution in [0.3, 0.4) is 0 Å². The van der Waals surface area contributed by atoms with Gasteiger partial charge in [0.05, 0.1) is 18.7 Å². The van der Waals surface area contributed by atoms with Crippen LogP contribution in [0.2, 0.25) is 5.02 Å². The zero-order valence-corrected chi connectivity index (χ0v) is 15.0. The van der Waals surface area contributed by atoms with E-state index < -0.39 is 0 Å². The molecule has 6 heteroatoms. The molecule has 5 nitrogen and oxygen atoms in total. The molecule has 2 rings (SSSR count). The Morgan fingerprint density at radius 1 is 1.08 bits per heavy atom. The highest BCUT2D eigenvalue weighted by Gasteiger charge is 2.08. The maximum Gasteiger partial charge on any atom is 0.338 e. The second-order valence-electron chi connectivity index (χ2n) is 5.58. The molecule has 0 unspecified atom stereocenters. The molecule has 0 fully saturated rings. The lowest BCUT2D eigenvalue weighted by atomic mass is 10.2. The number of carbonyl (C=O) groups is 2. The van der Waals surface area contributed by atoms with E-state index in [-0.39, 0.29) is 18.4 Å². The van der Waals surface area contributed by atoms with Crippen molar-refractivity contribution in [2.24, 2.45) is 0 Å². The number of benzene rings is 2. The summed E-state index contributed by atoms with van der Waals surface area (Å²) in [6.45, 7) is 4.36. The molecule has 2 N–H and O–H groups in total. The Hall–Kier alpha value is -2.53. The number of rotatable bonds is 7. The van der Waals surface area contributed by atoms with Gasteiger partial charge in [-0.15, -0.1) is 0 Å². The first-order valence-electron chi connectivity index (χ1n) is 8.06. The van der Waals surface area contributed by atoms with Crippen molar-refractivity contribution < 1.29 is 14.3 Å². The van der Waals surface area contributed by atoms with E-state index in [2.05, 4.69) is 10.6 Å². The van der Waals surface area contributed by atoms with E-state index in [1.807, 2.05) is 26.0 Å². The third-order valence-electron chi connectivity index (χ3n) is 3.47. The molecular weight excluding hydrogens is 340 g/mol. The van der Waals surface area contributed by atoms with Gasteiger partial charge in [-0.2, -0.15) is 0 Å². The Morgan fingerprint density at radius 2 is 1.76 bits per heavy atom. The van der Waals surface area contributed by atoms with Gasteiger partial charge < -0.3 is 15.4 Å². The normalized spacial score (nSPS) is 10.2. The molecule has 25 heavy (non-hydrogen) atoms. The molecule has 0 aliphatic carbocycles. The van der Waals surface area contributed by atoms with E-state index in [4.69, 9.17) is 16.3 Å². The van der Waals surface area contributed by atoms with Crippen LogP contribution in [0.5, 0.6) is 0 Å². The number of hydrogen-bond donors (Lipinski definition) is 2. The van der Waals surface area contributed by atoms with Crippen molar-refractivity contribution in [2.75, 3.05) is 23.8 Å². The average Bonchev–Trinajstić information content (AvgIpc) is 2.61. The maximum absolute atomic E-state index is 12.0. The van der Waals surface area contributed by atoms with E-state index in [9.17, 15) is 9.59 Å². The van der Waals surface area contributed by atoms with Gasteiger partial charge in [-0.25, -0.2) is 4.79 Å². The summed E-state index contributed by atoms with van der Waals surface area (Å²) in [4.78, 5) is 23.7. The second-order valence-corrected chi connectivity index (χ2v) is 5.99. The van der Waals surface area contributed by atoms with Crippen molar-refractivity contribution in [3.63, 3.8) is 0 Å². The van der Waals surface area contributed by atoms with Gasteiger partial charge in [0.2, 0.25) is 5.91 Å². The lowest BCUT2D eigenvalue weighted by Crippen LogP contribution is -2.21. The van der Waals surface area contributed by atoms with Crippen LogP contribution in [0.1, 0.15) is 29.3 Å². The average molecular weight is 361 g/mol. The predicted molar refractivity (Wildman–Crippen MR) is 100 cm³/mol. The summed E-state index contributed by atoms with van der Waals surface area (Å²) >= 11 is 6.05. The molecule has 132 valence electrons. The van der Waals surface area contributed by atoms with Gasteiger partial charge in [0.1, 0.15) is 0 Å². The van der Waals surface area contributed by atoms with Crippen LogP contribution in [-0.2, 0) is 9.53 Å². The lowest BCUT2D eigenvalue weighted by molar-refractivity contribution is -0.114. The maximum atomic E-state index is 12.0. The first-order chi connectivity index (χ1) is 12.0. The highest BCUT2D eigenvalue weighted by Crippen LogP contribution is 2.19. The molecule has 0 aromatic heterocycles. The molecule has 0 spiro atoms. The Balaban J connectivity index is 1.85. The van der Waals surface area contributed by atoms with Crippen molar-refractivity contribution in [1.29, 1.82) is 0 Å². The smallest absolute Gasteiger partial charge is 0.338 e. The number of amides is 1. The van der Waals surface area contributed by atoms with Crippen molar-refractivity contribution >= 4 is 34.9 Å². The summed E-state index contributed by atoms with van der Waals surface area (Å²) < 4.78 is 5.06. The number of aryl methyl sites for hydroxylation is 1. The highest BCUT2D eigenvalue weighted by molar-refractivity contribution is 6.31. The standard InChI is InChI=1S/C19H21ClN2O3/c1-3-10-25-19(24)14-5-8-15(9-6-14)22-18(23)12-21-16-7-4-13(2)17(20)11-16/h4-9,11,21H,3,10,12H2,1-2H3,(H,22,23). The molecule has 0 aliphatic rings. The van der Waals surface area contributed by atoms with Crippen molar-refractivity contribution in [2.45, 2.75) is 20.3 Å². The molecule has 1 amide bonds. The van der Waals surface area contributed by atoms with Crippen molar-refractivity contribution in [3.05, 3.63) is 58.6 Å². The van der Waals surface area contributed by atoms with E-state index in [0.717, 1.165) is 17.7 Å². The van der Waals surface area contributed by atoms with Gasteiger partial charge in [0.25, 0.3) is 0 Å². The van der Waals surface area contributed by atoms with Crippen LogP contribution < -0.4 is 10.6 Å². The predicted octanol–water partition coefficient (Wildman–Crippen LogP) is 4.27. The minimum Gasteiger partial charge on any atom is -0.462 e. The zero-order chi connectivity index (χ0) is 18.2. The topological polar surface area (TPSA) is 67.4 Å². The Labute approximate surface area is 152 Å². The van der Waals surface area contributed by atoms with E-state index in [1.165, 1.54) is 0 Å². The minimum atomic E-state index is -0.363. The van der Waals surface area contributed by atoms with E-state index in [1.54, 1.807) is 30.3 Å². The quantitative estimate of drug-likeness (QED) is 0.724. The van der Waals surface area contributed by atoms with Crippen LogP contribution in [0.25, 0.3) is 0 Å². The molecular formula is C19H21ClN2O3. The highest BCUT2D eigenvalue weighted by atomic mass is 35.5. The Bertz CT molecular complexity index is 745. The van der Waals surface area contributed by atoms with Crippen LogP contribution in [-0.4, -0.2) is 25.0 Å². The Morgan fingerprint density at radius 3 is 2.40 bits per heavy atom. The molecule has 0 atom stereocenters. The van der Waals surface area contributed by atoms with E-state index >= 15 is 0 Å². The van der Waals surface area contributed by atoms with Crippen LogP contribution in [0.4, 0.5) is 11.4 Å². The number of halogens is 1. The van der Waals surface area contributed by atoms with Crippen LogP contribution in [0.15, 0.2) is 42.5 Å². The SMILES string of the molecule is CCCOC(=O)c1ccc(NC(=O)CNc2ccc(C)c(Cl)c2)cc1. The second kappa shape index (κ2) is 9.08.